The number of fused-ring (bicyclic) bond motifs is 1. The normalized spacial score (nSPS) is 21.2. The summed E-state index contributed by atoms with van der Waals surface area (Å²) >= 11 is 0. The predicted molar refractivity (Wildman–Crippen MR) is 104 cm³/mol. The molecule has 2 aromatic heterocycles. The van der Waals surface area contributed by atoms with Crippen LogP contribution in [0.4, 0.5) is 0 Å². The van der Waals surface area contributed by atoms with Crippen molar-refractivity contribution >= 4 is 5.91 Å². The van der Waals surface area contributed by atoms with Gasteiger partial charge in [0.1, 0.15) is 23.7 Å². The van der Waals surface area contributed by atoms with Crippen molar-refractivity contribution in [3.8, 4) is 11.5 Å². The lowest BCUT2D eigenvalue weighted by molar-refractivity contribution is -0.132. The van der Waals surface area contributed by atoms with E-state index in [1.807, 2.05) is 41.4 Å². The fourth-order valence-corrected chi connectivity index (χ4v) is 4.27. The maximum absolute atomic E-state index is 12.9. The molecule has 0 radical (unpaired) electrons. The van der Waals surface area contributed by atoms with Gasteiger partial charge in [-0.15, -0.1) is 0 Å². The van der Waals surface area contributed by atoms with Crippen LogP contribution in [0.5, 0.6) is 0 Å². The van der Waals surface area contributed by atoms with Gasteiger partial charge in [-0.25, -0.2) is 4.98 Å². The number of rotatable bonds is 3. The van der Waals surface area contributed by atoms with Crippen LogP contribution in [-0.4, -0.2) is 39.0 Å². The number of carbonyl (C=O) groups excluding carboxylic acids is 1. The van der Waals surface area contributed by atoms with E-state index in [0.717, 1.165) is 41.4 Å². The van der Waals surface area contributed by atoms with E-state index in [1.165, 1.54) is 0 Å². The minimum Gasteiger partial charge on any atom is -0.463 e. The third-order valence-corrected chi connectivity index (χ3v) is 5.94. The van der Waals surface area contributed by atoms with Gasteiger partial charge < -0.3 is 18.6 Å². The molecule has 0 aliphatic carbocycles. The van der Waals surface area contributed by atoms with Gasteiger partial charge in [-0.3, -0.25) is 4.79 Å². The lowest BCUT2D eigenvalue weighted by Gasteiger charge is -2.35. The van der Waals surface area contributed by atoms with E-state index in [1.54, 1.807) is 6.26 Å². The summed E-state index contributed by atoms with van der Waals surface area (Å²) in [5, 5.41) is 0. The van der Waals surface area contributed by atoms with Gasteiger partial charge >= 0.3 is 0 Å². The Balaban J connectivity index is 1.33. The summed E-state index contributed by atoms with van der Waals surface area (Å²) < 4.78 is 14.0. The summed E-state index contributed by atoms with van der Waals surface area (Å²) in [6.07, 6.45) is 4.79. The molecule has 5 rings (SSSR count). The standard InChI is InChI=1S/C22H23N3O3/c1-16-5-2-3-6-17(16)11-21(26)24-9-8-22(14-24)15-25-18(19-7-4-10-27-19)12-23-20(25)13-28-22/h2-7,10,12H,8-9,11,13-15H2,1H3/t22-/m1/s1. The Labute approximate surface area is 163 Å². The second kappa shape index (κ2) is 6.63. The van der Waals surface area contributed by atoms with Crippen LogP contribution in [0.3, 0.4) is 0 Å². The highest BCUT2D eigenvalue weighted by Crippen LogP contribution is 2.35. The van der Waals surface area contributed by atoms with E-state index < -0.39 is 0 Å². The molecule has 1 saturated heterocycles. The molecule has 0 N–H and O–H groups in total. The average Bonchev–Trinajstić information content (AvgIpc) is 3.43. The van der Waals surface area contributed by atoms with Crippen molar-refractivity contribution in [2.45, 2.75) is 38.5 Å². The first-order chi connectivity index (χ1) is 13.6. The molecule has 1 atom stereocenters. The summed E-state index contributed by atoms with van der Waals surface area (Å²) in [5.41, 5.74) is 2.86. The van der Waals surface area contributed by atoms with Crippen LogP contribution in [0.1, 0.15) is 23.4 Å². The molecule has 1 aromatic carbocycles. The first-order valence-electron chi connectivity index (χ1n) is 9.68. The van der Waals surface area contributed by atoms with Crippen LogP contribution in [0.2, 0.25) is 0 Å². The summed E-state index contributed by atoms with van der Waals surface area (Å²) in [6, 6.07) is 11.9. The minimum atomic E-state index is -0.351. The van der Waals surface area contributed by atoms with Crippen molar-refractivity contribution in [3.05, 3.63) is 65.8 Å². The van der Waals surface area contributed by atoms with Crippen LogP contribution in [0.25, 0.3) is 11.5 Å². The van der Waals surface area contributed by atoms with Crippen LogP contribution in [-0.2, 0) is 29.1 Å². The monoisotopic (exact) mass is 377 g/mol. The SMILES string of the molecule is Cc1ccccc1CC(=O)N1CC[C@@]2(C1)Cn1c(-c3ccco3)cnc1CO2. The van der Waals surface area contributed by atoms with Gasteiger partial charge in [0.15, 0.2) is 5.76 Å². The number of amides is 1. The molecule has 2 aliphatic rings. The number of hydrogen-bond donors (Lipinski definition) is 0. The third kappa shape index (κ3) is 2.94. The van der Waals surface area contributed by atoms with E-state index in [-0.39, 0.29) is 11.5 Å². The number of carbonyl (C=O) groups is 1. The predicted octanol–water partition coefficient (Wildman–Crippen LogP) is 3.20. The largest absolute Gasteiger partial charge is 0.463 e. The van der Waals surface area contributed by atoms with Crippen molar-refractivity contribution in [2.24, 2.45) is 0 Å². The van der Waals surface area contributed by atoms with E-state index in [4.69, 9.17) is 9.15 Å². The smallest absolute Gasteiger partial charge is 0.227 e. The first kappa shape index (κ1) is 17.3. The second-order valence-electron chi connectivity index (χ2n) is 7.76. The first-order valence-corrected chi connectivity index (χ1v) is 9.68. The van der Waals surface area contributed by atoms with E-state index >= 15 is 0 Å². The number of likely N-dealkylation sites (tertiary alicyclic amines) is 1. The maximum atomic E-state index is 12.9. The van der Waals surface area contributed by atoms with Crippen molar-refractivity contribution in [1.82, 2.24) is 14.5 Å². The van der Waals surface area contributed by atoms with E-state index in [2.05, 4.69) is 22.5 Å². The molecule has 1 amide bonds. The lowest BCUT2D eigenvalue weighted by Crippen LogP contribution is -2.45. The fourth-order valence-electron chi connectivity index (χ4n) is 4.27. The second-order valence-corrected chi connectivity index (χ2v) is 7.76. The Morgan fingerprint density at radius 1 is 1.21 bits per heavy atom. The number of imidazole rings is 1. The summed E-state index contributed by atoms with van der Waals surface area (Å²) in [6.45, 7) is 4.54. The number of nitrogens with zero attached hydrogens (tertiary/aromatic N) is 3. The summed E-state index contributed by atoms with van der Waals surface area (Å²) in [5.74, 6) is 1.88. The maximum Gasteiger partial charge on any atom is 0.227 e. The number of ether oxygens (including phenoxy) is 1. The molecule has 0 bridgehead atoms. The van der Waals surface area contributed by atoms with E-state index in [9.17, 15) is 4.79 Å². The number of benzene rings is 1. The molecule has 4 heterocycles. The van der Waals surface area contributed by atoms with Crippen LogP contribution in [0.15, 0.2) is 53.3 Å². The number of aryl methyl sites for hydroxylation is 1. The van der Waals surface area contributed by atoms with Gasteiger partial charge in [0.2, 0.25) is 5.91 Å². The molecule has 144 valence electrons. The zero-order valence-corrected chi connectivity index (χ0v) is 15.9. The zero-order chi connectivity index (χ0) is 19.1. The number of furan rings is 1. The van der Waals surface area contributed by atoms with Crippen LogP contribution in [0, 0.1) is 6.92 Å². The molecule has 1 spiro atoms. The Hall–Kier alpha value is -2.86. The lowest BCUT2D eigenvalue weighted by atomic mass is 10.0. The molecule has 0 unspecified atom stereocenters. The van der Waals surface area contributed by atoms with Gasteiger partial charge in [0.25, 0.3) is 0 Å². The molecular weight excluding hydrogens is 354 g/mol. The van der Waals surface area contributed by atoms with Gasteiger partial charge in [-0.05, 0) is 36.6 Å². The molecule has 0 saturated carbocycles. The van der Waals surface area contributed by atoms with Crippen LogP contribution >= 0.6 is 0 Å². The van der Waals surface area contributed by atoms with Crippen molar-refractivity contribution < 1.29 is 13.9 Å². The van der Waals surface area contributed by atoms with Crippen LogP contribution < -0.4 is 0 Å². The van der Waals surface area contributed by atoms with Gasteiger partial charge in [-0.1, -0.05) is 24.3 Å². The fraction of sp³-hybridized carbons (Fsp3) is 0.364. The highest BCUT2D eigenvalue weighted by atomic mass is 16.5. The molecule has 2 aliphatic heterocycles. The van der Waals surface area contributed by atoms with Gasteiger partial charge in [0, 0.05) is 6.54 Å². The number of aromatic nitrogens is 2. The molecule has 28 heavy (non-hydrogen) atoms. The summed E-state index contributed by atoms with van der Waals surface area (Å²) in [7, 11) is 0. The highest BCUT2D eigenvalue weighted by molar-refractivity contribution is 5.79. The van der Waals surface area contributed by atoms with Crippen molar-refractivity contribution in [2.75, 3.05) is 13.1 Å². The highest BCUT2D eigenvalue weighted by Gasteiger charge is 2.44. The Bertz CT molecular complexity index is 1010. The summed E-state index contributed by atoms with van der Waals surface area (Å²) in [4.78, 5) is 19.3. The van der Waals surface area contributed by atoms with Crippen molar-refractivity contribution in [1.29, 1.82) is 0 Å². The third-order valence-electron chi connectivity index (χ3n) is 5.94. The average molecular weight is 377 g/mol. The van der Waals surface area contributed by atoms with Gasteiger partial charge in [-0.2, -0.15) is 0 Å². The number of hydrogen-bond acceptors (Lipinski definition) is 4. The molecule has 6 heteroatoms. The van der Waals surface area contributed by atoms with Gasteiger partial charge in [0.05, 0.1) is 32.0 Å². The minimum absolute atomic E-state index is 0.164. The quantitative estimate of drug-likeness (QED) is 0.703. The van der Waals surface area contributed by atoms with E-state index in [0.29, 0.717) is 26.1 Å². The Morgan fingerprint density at radius 3 is 2.93 bits per heavy atom. The Morgan fingerprint density at radius 2 is 2.11 bits per heavy atom. The van der Waals surface area contributed by atoms with Crippen molar-refractivity contribution in [3.63, 3.8) is 0 Å². The molecule has 6 nitrogen and oxygen atoms in total. The molecule has 3 aromatic rings. The topological polar surface area (TPSA) is 60.5 Å². The Kier molecular flexibility index (Phi) is 4.09. The zero-order valence-electron chi connectivity index (χ0n) is 15.9. The molecule has 1 fully saturated rings. The molecular formula is C22H23N3O3.